The van der Waals surface area contributed by atoms with Gasteiger partial charge in [0.15, 0.2) is 0 Å². The zero-order chi connectivity index (χ0) is 11.4. The third-order valence-electron chi connectivity index (χ3n) is 1.69. The molecule has 0 saturated carbocycles. The van der Waals surface area contributed by atoms with Gasteiger partial charge in [-0.2, -0.15) is 0 Å². The van der Waals surface area contributed by atoms with Crippen LogP contribution in [0.5, 0.6) is 0 Å². The second-order valence-corrected chi connectivity index (χ2v) is 10.6. The van der Waals surface area contributed by atoms with Crippen molar-refractivity contribution in [1.82, 2.24) is 5.32 Å². The van der Waals surface area contributed by atoms with Crippen molar-refractivity contribution in [3.8, 4) is 0 Å². The summed E-state index contributed by atoms with van der Waals surface area (Å²) in [5, 5.41) is 2.71. The summed E-state index contributed by atoms with van der Waals surface area (Å²) >= 11 is 0. The molecule has 1 amide bonds. The molecule has 0 aliphatic carbocycles. The Morgan fingerprint density at radius 1 is 1.36 bits per heavy atom. The molecule has 3 nitrogen and oxygen atoms in total. The first-order chi connectivity index (χ1) is 6.08. The van der Waals surface area contributed by atoms with Gasteiger partial charge in [-0.15, -0.1) is 9.07 Å². The van der Waals surface area contributed by atoms with E-state index in [0.717, 1.165) is 6.42 Å². The topological polar surface area (TPSA) is 46.2 Å². The Bertz CT molecular complexity index is 290. The van der Waals surface area contributed by atoms with Gasteiger partial charge in [0.05, 0.1) is 0 Å². The summed E-state index contributed by atoms with van der Waals surface area (Å²) in [7, 11) is -2.41. The van der Waals surface area contributed by atoms with Crippen molar-refractivity contribution in [2.45, 2.75) is 13.3 Å². The Morgan fingerprint density at radius 3 is 2.21 bits per heavy atom. The van der Waals surface area contributed by atoms with Crippen molar-refractivity contribution in [3.63, 3.8) is 0 Å². The van der Waals surface area contributed by atoms with E-state index in [9.17, 15) is 9.00 Å². The van der Waals surface area contributed by atoms with Crippen LogP contribution in [0.3, 0.4) is 0 Å². The first-order valence-corrected chi connectivity index (χ1v) is 7.95. The Hall–Kier alpha value is -0.640. The van der Waals surface area contributed by atoms with Gasteiger partial charge in [0.25, 0.3) is 0 Å². The highest BCUT2D eigenvalue weighted by Crippen LogP contribution is 2.12. The lowest BCUT2D eigenvalue weighted by Crippen LogP contribution is -2.34. The monoisotopic (exact) mass is 219 g/mol. The number of hydrogen-bond acceptors (Lipinski definition) is 2. The first kappa shape index (κ1) is 13.4. The van der Waals surface area contributed by atoms with Crippen molar-refractivity contribution in [2.24, 2.45) is 0 Å². The van der Waals surface area contributed by atoms with E-state index >= 15 is 0 Å². The smallest absolute Gasteiger partial charge is 0.246 e. The molecule has 0 aliphatic rings. The molecule has 0 atom stereocenters. The summed E-state index contributed by atoms with van der Waals surface area (Å²) in [6.07, 6.45) is 6.07. The minimum atomic E-state index is -2.41. The number of carbonyl (C=O) groups excluding carboxylic acids is 1. The number of nitrogens with one attached hydrogen (secondary N) is 1. The fourth-order valence-corrected chi connectivity index (χ4v) is 2.05. The zero-order valence-electron chi connectivity index (χ0n) is 9.55. The second-order valence-electron chi connectivity index (χ2n) is 4.80. The molecule has 0 aromatic heterocycles. The van der Waals surface area contributed by atoms with Crippen LogP contribution in [0.4, 0.5) is 0 Å². The van der Waals surface area contributed by atoms with Crippen molar-refractivity contribution < 1.29 is 9.00 Å². The third kappa shape index (κ3) is 7.98. The maximum Gasteiger partial charge on any atom is 0.246 e. The van der Waals surface area contributed by atoms with Crippen LogP contribution in [0, 0.1) is 0 Å². The molecule has 4 heteroatoms. The van der Waals surface area contributed by atoms with Crippen LogP contribution in [-0.4, -0.2) is 41.2 Å². The van der Waals surface area contributed by atoms with Gasteiger partial charge >= 0.3 is 0 Å². The molecule has 0 unspecified atom stereocenters. The van der Waals surface area contributed by atoms with Crippen molar-refractivity contribution in [2.75, 3.05) is 31.1 Å². The maximum atomic E-state index is 11.8. The standard InChI is InChI=1S/C10H21NO2S/c1-9(2)10(12)11-7-6-8-14(3,4,5)13/h1,6-8H2,2-5H3,(H,11,12). The van der Waals surface area contributed by atoms with E-state index in [0.29, 0.717) is 17.9 Å². The van der Waals surface area contributed by atoms with Crippen LogP contribution in [0.25, 0.3) is 0 Å². The van der Waals surface area contributed by atoms with E-state index in [4.69, 9.17) is 0 Å². The molecule has 0 bridgehead atoms. The van der Waals surface area contributed by atoms with Gasteiger partial charge in [0.1, 0.15) is 0 Å². The van der Waals surface area contributed by atoms with Crippen LogP contribution in [0.1, 0.15) is 13.3 Å². The lowest BCUT2D eigenvalue weighted by molar-refractivity contribution is -0.117. The molecule has 0 aliphatic heterocycles. The van der Waals surface area contributed by atoms with Crippen molar-refractivity contribution in [3.05, 3.63) is 12.2 Å². The van der Waals surface area contributed by atoms with Gasteiger partial charge in [-0.3, -0.25) is 9.00 Å². The van der Waals surface area contributed by atoms with Gasteiger partial charge in [0, 0.05) is 17.9 Å². The quantitative estimate of drug-likeness (QED) is 0.548. The van der Waals surface area contributed by atoms with E-state index in [1.807, 2.05) is 0 Å². The van der Waals surface area contributed by atoms with Gasteiger partial charge in [-0.05, 0) is 32.1 Å². The van der Waals surface area contributed by atoms with Gasteiger partial charge in [0.2, 0.25) is 5.91 Å². The molecule has 84 valence electrons. The molecule has 0 saturated heterocycles. The minimum Gasteiger partial charge on any atom is -0.352 e. The summed E-state index contributed by atoms with van der Waals surface area (Å²) in [5.74, 6) is 0.519. The Morgan fingerprint density at radius 2 is 1.86 bits per heavy atom. The summed E-state index contributed by atoms with van der Waals surface area (Å²) in [5.41, 5.74) is 0.507. The average molecular weight is 219 g/mol. The summed E-state index contributed by atoms with van der Waals surface area (Å²) in [6, 6.07) is 0. The molecule has 0 aromatic carbocycles. The first-order valence-electron chi connectivity index (χ1n) is 4.59. The largest absolute Gasteiger partial charge is 0.352 e. The van der Waals surface area contributed by atoms with E-state index in [1.54, 1.807) is 25.7 Å². The van der Waals surface area contributed by atoms with Crippen LogP contribution >= 0.6 is 0 Å². The predicted octanol–water partition coefficient (Wildman–Crippen LogP) is 0.778. The molecule has 0 heterocycles. The lowest BCUT2D eigenvalue weighted by Gasteiger charge is -2.28. The molecule has 0 radical (unpaired) electrons. The Kier molecular flexibility index (Phi) is 4.06. The number of rotatable bonds is 5. The molecule has 0 spiro atoms. The number of carbonyl (C=O) groups is 1. The van der Waals surface area contributed by atoms with Crippen molar-refractivity contribution in [1.29, 1.82) is 0 Å². The lowest BCUT2D eigenvalue weighted by atomic mass is 10.3. The van der Waals surface area contributed by atoms with Crippen LogP contribution in [0.2, 0.25) is 0 Å². The molecule has 1 N–H and O–H groups in total. The highest BCUT2D eigenvalue weighted by atomic mass is 32.3. The maximum absolute atomic E-state index is 11.8. The summed E-state index contributed by atoms with van der Waals surface area (Å²) < 4.78 is 11.8. The van der Waals surface area contributed by atoms with Crippen LogP contribution in [0.15, 0.2) is 12.2 Å². The van der Waals surface area contributed by atoms with E-state index in [2.05, 4.69) is 11.9 Å². The molecule has 0 aromatic rings. The van der Waals surface area contributed by atoms with Crippen LogP contribution < -0.4 is 5.32 Å². The highest BCUT2D eigenvalue weighted by molar-refractivity contribution is 8.18. The zero-order valence-corrected chi connectivity index (χ0v) is 10.4. The summed E-state index contributed by atoms with van der Waals surface area (Å²) in [6.45, 7) is 5.76. The number of amides is 1. The van der Waals surface area contributed by atoms with Crippen LogP contribution in [-0.2, 0) is 13.9 Å². The average Bonchev–Trinajstić information content (AvgIpc) is 1.94. The molecule has 0 rings (SSSR count). The number of hydrogen-bond donors (Lipinski definition) is 1. The fourth-order valence-electron chi connectivity index (χ4n) is 0.917. The molecular weight excluding hydrogens is 198 g/mol. The molecular formula is C10H21NO2S. The SMILES string of the molecule is C=C(C)C(=O)NCCCS(C)(C)(C)=O. The predicted molar refractivity (Wildman–Crippen MR) is 63.2 cm³/mol. The molecule has 0 fully saturated rings. The summed E-state index contributed by atoms with van der Waals surface area (Å²) in [4.78, 5) is 11.1. The Labute approximate surface area is 86.4 Å². The van der Waals surface area contributed by atoms with E-state index in [1.165, 1.54) is 0 Å². The van der Waals surface area contributed by atoms with E-state index < -0.39 is 9.07 Å². The second kappa shape index (κ2) is 4.26. The van der Waals surface area contributed by atoms with Gasteiger partial charge < -0.3 is 5.32 Å². The van der Waals surface area contributed by atoms with Crippen molar-refractivity contribution >= 4 is 15.0 Å². The Balaban J connectivity index is 3.74. The highest BCUT2D eigenvalue weighted by Gasteiger charge is 2.16. The minimum absolute atomic E-state index is 0.128. The molecule has 14 heavy (non-hydrogen) atoms. The fraction of sp³-hybridized carbons (Fsp3) is 0.700. The van der Waals surface area contributed by atoms with E-state index in [-0.39, 0.29) is 5.91 Å². The third-order valence-corrected chi connectivity index (χ3v) is 3.37. The van der Waals surface area contributed by atoms with Gasteiger partial charge in [-0.25, -0.2) is 0 Å². The van der Waals surface area contributed by atoms with Gasteiger partial charge in [-0.1, -0.05) is 6.58 Å². The normalized spacial score (nSPS) is 14.1.